The van der Waals surface area contributed by atoms with Crippen LogP contribution in [0, 0.1) is 6.92 Å². The average molecular weight is 348 g/mol. The minimum Gasteiger partial charge on any atom is -0.316 e. The van der Waals surface area contributed by atoms with Gasteiger partial charge in [-0.15, -0.1) is 0 Å². The second-order valence-corrected chi connectivity index (χ2v) is 5.30. The molecule has 7 heteroatoms. The van der Waals surface area contributed by atoms with Crippen molar-refractivity contribution in [2.24, 2.45) is 0 Å². The highest BCUT2D eigenvalue weighted by Gasteiger charge is 2.38. The Morgan fingerprint density at radius 1 is 1.35 bits per heavy atom. The SMILES string of the molecule is CNCc1cnn(-c2ccc(Br)cc2C)c1C(F)(F)F. The summed E-state index contributed by atoms with van der Waals surface area (Å²) in [5.74, 6) is 0. The Morgan fingerprint density at radius 3 is 2.60 bits per heavy atom. The molecule has 0 amide bonds. The molecular formula is C13H13BrF3N3. The highest BCUT2D eigenvalue weighted by molar-refractivity contribution is 9.10. The highest BCUT2D eigenvalue weighted by Crippen LogP contribution is 2.34. The summed E-state index contributed by atoms with van der Waals surface area (Å²) in [6.07, 6.45) is -3.21. The zero-order valence-corrected chi connectivity index (χ0v) is 12.5. The second kappa shape index (κ2) is 5.57. The van der Waals surface area contributed by atoms with Crippen molar-refractivity contribution in [2.45, 2.75) is 19.6 Å². The molecular weight excluding hydrogens is 335 g/mol. The molecule has 0 saturated heterocycles. The molecule has 1 aromatic heterocycles. The van der Waals surface area contributed by atoms with E-state index < -0.39 is 11.9 Å². The van der Waals surface area contributed by atoms with E-state index in [4.69, 9.17) is 0 Å². The highest BCUT2D eigenvalue weighted by atomic mass is 79.9. The molecule has 0 aliphatic rings. The van der Waals surface area contributed by atoms with Gasteiger partial charge in [0, 0.05) is 16.6 Å². The van der Waals surface area contributed by atoms with Gasteiger partial charge in [0.1, 0.15) is 0 Å². The monoisotopic (exact) mass is 347 g/mol. The summed E-state index contributed by atoms with van der Waals surface area (Å²) in [5.41, 5.74) is 0.520. The Labute approximate surface area is 122 Å². The van der Waals surface area contributed by atoms with Crippen LogP contribution in [-0.2, 0) is 12.7 Å². The van der Waals surface area contributed by atoms with Crippen LogP contribution in [0.15, 0.2) is 28.9 Å². The zero-order valence-electron chi connectivity index (χ0n) is 10.9. The lowest BCUT2D eigenvalue weighted by atomic mass is 10.2. The molecule has 0 saturated carbocycles. The van der Waals surface area contributed by atoms with Gasteiger partial charge in [0.25, 0.3) is 0 Å². The number of nitrogens with one attached hydrogen (secondary N) is 1. The van der Waals surface area contributed by atoms with Crippen LogP contribution in [0.5, 0.6) is 0 Å². The van der Waals surface area contributed by atoms with Crippen molar-refractivity contribution in [1.82, 2.24) is 15.1 Å². The summed E-state index contributed by atoms with van der Waals surface area (Å²) in [6, 6.07) is 5.07. The topological polar surface area (TPSA) is 29.9 Å². The van der Waals surface area contributed by atoms with Gasteiger partial charge in [-0.2, -0.15) is 18.3 Å². The number of alkyl halides is 3. The molecule has 1 N–H and O–H groups in total. The van der Waals surface area contributed by atoms with Crippen LogP contribution in [-0.4, -0.2) is 16.8 Å². The first-order chi connectivity index (χ1) is 9.34. The third-order valence-corrected chi connectivity index (χ3v) is 3.36. The lowest BCUT2D eigenvalue weighted by Gasteiger charge is -2.14. The zero-order chi connectivity index (χ0) is 14.9. The first kappa shape index (κ1) is 15.1. The number of halogens is 4. The quantitative estimate of drug-likeness (QED) is 0.917. The van der Waals surface area contributed by atoms with Crippen molar-refractivity contribution >= 4 is 15.9 Å². The minimum absolute atomic E-state index is 0.115. The molecule has 0 aliphatic heterocycles. The number of hydrogen-bond acceptors (Lipinski definition) is 2. The first-order valence-corrected chi connectivity index (χ1v) is 6.69. The van der Waals surface area contributed by atoms with E-state index in [9.17, 15) is 13.2 Å². The average Bonchev–Trinajstić information content (AvgIpc) is 2.73. The van der Waals surface area contributed by atoms with E-state index in [2.05, 4.69) is 26.3 Å². The molecule has 0 fully saturated rings. The van der Waals surface area contributed by atoms with E-state index in [1.807, 2.05) is 0 Å². The third-order valence-electron chi connectivity index (χ3n) is 2.87. The summed E-state index contributed by atoms with van der Waals surface area (Å²) in [4.78, 5) is 0. The number of nitrogens with zero attached hydrogens (tertiary/aromatic N) is 2. The van der Waals surface area contributed by atoms with Crippen molar-refractivity contribution in [3.63, 3.8) is 0 Å². The molecule has 1 heterocycles. The lowest BCUT2D eigenvalue weighted by Crippen LogP contribution is -2.18. The fourth-order valence-electron chi connectivity index (χ4n) is 2.04. The predicted molar refractivity (Wildman–Crippen MR) is 73.8 cm³/mol. The van der Waals surface area contributed by atoms with E-state index in [0.717, 1.165) is 9.15 Å². The molecule has 2 rings (SSSR count). The molecule has 20 heavy (non-hydrogen) atoms. The summed E-state index contributed by atoms with van der Waals surface area (Å²) in [6.45, 7) is 1.87. The van der Waals surface area contributed by atoms with Gasteiger partial charge >= 0.3 is 6.18 Å². The molecule has 0 spiro atoms. The van der Waals surface area contributed by atoms with E-state index in [0.29, 0.717) is 11.3 Å². The van der Waals surface area contributed by atoms with Crippen LogP contribution in [0.3, 0.4) is 0 Å². The van der Waals surface area contributed by atoms with Crippen LogP contribution in [0.1, 0.15) is 16.8 Å². The van der Waals surface area contributed by atoms with Crippen LogP contribution in [0.4, 0.5) is 13.2 Å². The molecule has 0 bridgehead atoms. The molecule has 0 atom stereocenters. The molecule has 1 aromatic carbocycles. The Morgan fingerprint density at radius 2 is 2.05 bits per heavy atom. The Kier molecular flexibility index (Phi) is 4.19. The molecule has 2 aromatic rings. The number of aromatic nitrogens is 2. The van der Waals surface area contributed by atoms with Crippen molar-refractivity contribution in [3.05, 3.63) is 45.7 Å². The van der Waals surface area contributed by atoms with Crippen LogP contribution in [0.25, 0.3) is 5.69 Å². The summed E-state index contributed by atoms with van der Waals surface area (Å²) < 4.78 is 41.6. The standard InChI is InChI=1S/C13H13BrF3N3/c1-8-5-10(14)3-4-11(8)20-12(13(15,16)17)9(6-18-2)7-19-20/h3-5,7,18H,6H2,1-2H3. The maximum atomic E-state index is 13.3. The fraction of sp³-hybridized carbons (Fsp3) is 0.308. The van der Waals surface area contributed by atoms with Gasteiger partial charge in [-0.3, -0.25) is 0 Å². The van der Waals surface area contributed by atoms with Crippen LogP contribution < -0.4 is 5.32 Å². The van der Waals surface area contributed by atoms with Crippen molar-refractivity contribution < 1.29 is 13.2 Å². The van der Waals surface area contributed by atoms with E-state index in [-0.39, 0.29) is 12.1 Å². The lowest BCUT2D eigenvalue weighted by molar-refractivity contribution is -0.143. The van der Waals surface area contributed by atoms with Crippen LogP contribution >= 0.6 is 15.9 Å². The van der Waals surface area contributed by atoms with E-state index >= 15 is 0 Å². The fourth-order valence-corrected chi connectivity index (χ4v) is 2.52. The maximum absolute atomic E-state index is 13.3. The van der Waals surface area contributed by atoms with Crippen LogP contribution in [0.2, 0.25) is 0 Å². The van der Waals surface area contributed by atoms with Gasteiger partial charge < -0.3 is 5.32 Å². The van der Waals surface area contributed by atoms with Crippen molar-refractivity contribution in [2.75, 3.05) is 7.05 Å². The number of rotatable bonds is 3. The Bertz CT molecular complexity index is 620. The normalized spacial score (nSPS) is 11.9. The maximum Gasteiger partial charge on any atom is 0.433 e. The second-order valence-electron chi connectivity index (χ2n) is 4.39. The number of hydrogen-bond donors (Lipinski definition) is 1. The van der Waals surface area contributed by atoms with Gasteiger partial charge in [0.15, 0.2) is 5.69 Å². The summed E-state index contributed by atoms with van der Waals surface area (Å²) in [7, 11) is 1.60. The predicted octanol–water partition coefficient (Wildman–Crippen LogP) is 3.68. The van der Waals surface area contributed by atoms with Gasteiger partial charge in [-0.1, -0.05) is 15.9 Å². The summed E-state index contributed by atoms with van der Waals surface area (Å²) in [5, 5.41) is 6.63. The van der Waals surface area contributed by atoms with Crippen molar-refractivity contribution in [3.8, 4) is 5.69 Å². The Balaban J connectivity index is 2.62. The number of aryl methyl sites for hydroxylation is 1. The number of benzene rings is 1. The minimum atomic E-state index is -4.46. The van der Waals surface area contributed by atoms with Gasteiger partial charge in [-0.25, -0.2) is 4.68 Å². The summed E-state index contributed by atoms with van der Waals surface area (Å²) >= 11 is 3.30. The smallest absolute Gasteiger partial charge is 0.316 e. The molecule has 0 aliphatic carbocycles. The van der Waals surface area contributed by atoms with E-state index in [1.165, 1.54) is 6.20 Å². The van der Waals surface area contributed by atoms with E-state index in [1.54, 1.807) is 32.2 Å². The third kappa shape index (κ3) is 2.88. The molecule has 108 valence electrons. The molecule has 0 radical (unpaired) electrons. The first-order valence-electron chi connectivity index (χ1n) is 5.90. The largest absolute Gasteiger partial charge is 0.433 e. The van der Waals surface area contributed by atoms with Gasteiger partial charge in [-0.05, 0) is 37.7 Å². The Hall–Kier alpha value is -1.34. The van der Waals surface area contributed by atoms with Gasteiger partial charge in [0.2, 0.25) is 0 Å². The molecule has 3 nitrogen and oxygen atoms in total. The van der Waals surface area contributed by atoms with Crippen molar-refractivity contribution in [1.29, 1.82) is 0 Å². The van der Waals surface area contributed by atoms with Gasteiger partial charge in [0.05, 0.1) is 11.9 Å². The molecule has 0 unspecified atom stereocenters.